The second-order valence-corrected chi connectivity index (χ2v) is 8.30. The van der Waals surface area contributed by atoms with Crippen LogP contribution in [0.25, 0.3) is 0 Å². The first-order chi connectivity index (χ1) is 14.3. The van der Waals surface area contributed by atoms with E-state index in [-0.39, 0.29) is 16.0 Å². The second kappa shape index (κ2) is 8.79. The maximum absolute atomic E-state index is 12.8. The summed E-state index contributed by atoms with van der Waals surface area (Å²) in [5.74, 6) is -1.06. The molecular weight excluding hydrogens is 404 g/mol. The summed E-state index contributed by atoms with van der Waals surface area (Å²) in [7, 11) is -1.09. The van der Waals surface area contributed by atoms with Crippen LogP contribution in [0.15, 0.2) is 83.8 Å². The van der Waals surface area contributed by atoms with Gasteiger partial charge in [0.2, 0.25) is 0 Å². The van der Waals surface area contributed by atoms with Gasteiger partial charge >= 0.3 is 5.97 Å². The maximum atomic E-state index is 12.8. The average molecular weight is 424 g/mol. The highest BCUT2D eigenvalue weighted by molar-refractivity contribution is 7.92. The summed E-state index contributed by atoms with van der Waals surface area (Å²) in [5, 5.41) is 2.67. The van der Waals surface area contributed by atoms with Crippen LogP contribution < -0.4 is 9.62 Å². The van der Waals surface area contributed by atoms with Crippen LogP contribution in [0.4, 0.5) is 11.4 Å². The number of carbonyl (C=O) groups excluding carboxylic acids is 2. The summed E-state index contributed by atoms with van der Waals surface area (Å²) >= 11 is 0. The van der Waals surface area contributed by atoms with Gasteiger partial charge in [0.05, 0.1) is 28.9 Å². The summed E-state index contributed by atoms with van der Waals surface area (Å²) in [5.41, 5.74) is 1.08. The zero-order valence-electron chi connectivity index (χ0n) is 16.4. The van der Waals surface area contributed by atoms with Crippen LogP contribution in [-0.2, 0) is 14.8 Å². The lowest BCUT2D eigenvalue weighted by atomic mass is 10.1. The van der Waals surface area contributed by atoms with Crippen molar-refractivity contribution >= 4 is 33.3 Å². The third kappa shape index (κ3) is 4.33. The van der Waals surface area contributed by atoms with Gasteiger partial charge in [0.15, 0.2) is 0 Å². The number of methoxy groups -OCH3 is 1. The third-order valence-electron chi connectivity index (χ3n) is 4.45. The van der Waals surface area contributed by atoms with Crippen molar-refractivity contribution in [3.8, 4) is 0 Å². The van der Waals surface area contributed by atoms with Crippen molar-refractivity contribution in [3.63, 3.8) is 0 Å². The molecule has 7 nitrogen and oxygen atoms in total. The topological polar surface area (TPSA) is 92.8 Å². The van der Waals surface area contributed by atoms with Crippen molar-refractivity contribution in [2.75, 3.05) is 23.8 Å². The lowest BCUT2D eigenvalue weighted by Gasteiger charge is -2.20. The predicted octanol–water partition coefficient (Wildman–Crippen LogP) is 3.55. The van der Waals surface area contributed by atoms with E-state index in [1.165, 1.54) is 38.4 Å². The molecule has 1 N–H and O–H groups in total. The van der Waals surface area contributed by atoms with Gasteiger partial charge in [0, 0.05) is 12.6 Å². The van der Waals surface area contributed by atoms with Crippen LogP contribution in [0.2, 0.25) is 0 Å². The second-order valence-electron chi connectivity index (χ2n) is 6.33. The zero-order valence-corrected chi connectivity index (χ0v) is 17.2. The summed E-state index contributed by atoms with van der Waals surface area (Å²) in [6, 6.07) is 20.7. The van der Waals surface area contributed by atoms with E-state index in [2.05, 4.69) is 5.32 Å². The third-order valence-corrected chi connectivity index (χ3v) is 6.25. The van der Waals surface area contributed by atoms with Gasteiger partial charge in [-0.1, -0.05) is 36.4 Å². The van der Waals surface area contributed by atoms with Gasteiger partial charge in [-0.25, -0.2) is 13.2 Å². The van der Waals surface area contributed by atoms with Gasteiger partial charge in [-0.15, -0.1) is 0 Å². The van der Waals surface area contributed by atoms with E-state index in [1.807, 2.05) is 0 Å². The minimum absolute atomic E-state index is 0.148. The number of para-hydroxylation sites is 1. The Hall–Kier alpha value is -3.65. The lowest BCUT2D eigenvalue weighted by molar-refractivity contribution is 0.0602. The number of nitrogens with zero attached hydrogens (tertiary/aromatic N) is 1. The molecule has 0 aliphatic rings. The molecule has 0 aliphatic carbocycles. The normalized spacial score (nSPS) is 10.9. The monoisotopic (exact) mass is 424 g/mol. The highest BCUT2D eigenvalue weighted by atomic mass is 32.2. The van der Waals surface area contributed by atoms with Crippen molar-refractivity contribution in [1.29, 1.82) is 0 Å². The van der Waals surface area contributed by atoms with Crippen LogP contribution in [0.5, 0.6) is 0 Å². The van der Waals surface area contributed by atoms with Crippen molar-refractivity contribution < 1.29 is 22.7 Å². The molecule has 0 heterocycles. The molecule has 0 spiro atoms. The number of sulfonamides is 1. The van der Waals surface area contributed by atoms with E-state index in [4.69, 9.17) is 4.74 Å². The molecule has 0 aromatic heterocycles. The molecule has 0 atom stereocenters. The summed E-state index contributed by atoms with van der Waals surface area (Å²) in [6.45, 7) is 0. The summed E-state index contributed by atoms with van der Waals surface area (Å²) < 4.78 is 31.5. The highest BCUT2D eigenvalue weighted by Crippen LogP contribution is 2.24. The van der Waals surface area contributed by atoms with Gasteiger partial charge in [0.1, 0.15) is 0 Å². The van der Waals surface area contributed by atoms with Crippen molar-refractivity contribution in [2.45, 2.75) is 4.90 Å². The number of hydrogen-bond donors (Lipinski definition) is 1. The lowest BCUT2D eigenvalue weighted by Crippen LogP contribution is -2.26. The molecule has 0 unspecified atom stereocenters. The minimum atomic E-state index is -3.77. The first kappa shape index (κ1) is 21.1. The highest BCUT2D eigenvalue weighted by Gasteiger charge is 2.22. The van der Waals surface area contributed by atoms with Gasteiger partial charge < -0.3 is 10.1 Å². The van der Waals surface area contributed by atoms with Crippen LogP contribution in [-0.4, -0.2) is 34.5 Å². The van der Waals surface area contributed by atoms with Crippen molar-refractivity contribution in [2.24, 2.45) is 0 Å². The van der Waals surface area contributed by atoms with Crippen molar-refractivity contribution in [1.82, 2.24) is 0 Å². The van der Waals surface area contributed by atoms with Gasteiger partial charge in [-0.3, -0.25) is 9.10 Å². The Kier molecular flexibility index (Phi) is 6.17. The van der Waals surface area contributed by atoms with Crippen LogP contribution >= 0.6 is 0 Å². The average Bonchev–Trinajstić information content (AvgIpc) is 2.79. The quantitative estimate of drug-likeness (QED) is 0.611. The molecule has 0 bridgehead atoms. The van der Waals surface area contributed by atoms with Gasteiger partial charge in [-0.2, -0.15) is 0 Å². The van der Waals surface area contributed by atoms with E-state index in [0.717, 1.165) is 4.31 Å². The molecule has 30 heavy (non-hydrogen) atoms. The van der Waals surface area contributed by atoms with E-state index in [0.29, 0.717) is 11.4 Å². The van der Waals surface area contributed by atoms with E-state index >= 15 is 0 Å². The molecule has 3 aromatic rings. The molecule has 154 valence electrons. The number of ether oxygens (including phenoxy) is 1. The fraction of sp³-hybridized carbons (Fsp3) is 0.0909. The van der Waals surface area contributed by atoms with Gasteiger partial charge in [-0.05, 0) is 42.5 Å². The van der Waals surface area contributed by atoms with E-state index in [9.17, 15) is 18.0 Å². The number of nitrogens with one attached hydrogen (secondary N) is 1. The Morgan fingerprint density at radius 1 is 0.900 bits per heavy atom. The molecule has 0 radical (unpaired) electrons. The summed E-state index contributed by atoms with van der Waals surface area (Å²) in [4.78, 5) is 24.8. The molecule has 8 heteroatoms. The van der Waals surface area contributed by atoms with Crippen molar-refractivity contribution in [3.05, 3.63) is 90.0 Å². The molecule has 0 saturated heterocycles. The number of benzene rings is 3. The number of anilines is 2. The maximum Gasteiger partial charge on any atom is 0.339 e. The molecule has 0 saturated carbocycles. The number of hydrogen-bond acceptors (Lipinski definition) is 5. The van der Waals surface area contributed by atoms with Crippen LogP contribution in [0.3, 0.4) is 0 Å². The van der Waals surface area contributed by atoms with Crippen LogP contribution in [0, 0.1) is 0 Å². The van der Waals surface area contributed by atoms with Crippen LogP contribution in [0.1, 0.15) is 20.7 Å². The Morgan fingerprint density at radius 2 is 1.57 bits per heavy atom. The number of rotatable bonds is 6. The number of amides is 1. The number of carbonyl (C=O) groups is 2. The molecule has 0 fully saturated rings. The number of esters is 1. The smallest absolute Gasteiger partial charge is 0.339 e. The first-order valence-corrected chi connectivity index (χ1v) is 10.4. The first-order valence-electron chi connectivity index (χ1n) is 8.97. The molecular formula is C22H20N2O5S. The SMILES string of the molecule is COC(=O)c1ccccc1NC(=O)c1cccc(N(C)S(=O)(=O)c2ccccc2)c1. The standard InChI is InChI=1S/C22H20N2O5S/c1-24(30(27,28)18-11-4-3-5-12-18)17-10-8-9-16(15-17)21(25)23-20-14-7-6-13-19(20)22(26)29-2/h3-15H,1-2H3,(H,23,25). The van der Waals surface area contributed by atoms with E-state index < -0.39 is 21.9 Å². The fourth-order valence-electron chi connectivity index (χ4n) is 2.81. The molecule has 3 rings (SSSR count). The predicted molar refractivity (Wildman–Crippen MR) is 114 cm³/mol. The summed E-state index contributed by atoms with van der Waals surface area (Å²) in [6.07, 6.45) is 0. The Morgan fingerprint density at radius 3 is 2.27 bits per heavy atom. The van der Waals surface area contributed by atoms with E-state index in [1.54, 1.807) is 54.6 Å². The molecule has 3 aromatic carbocycles. The molecule has 0 aliphatic heterocycles. The Bertz CT molecular complexity index is 1180. The zero-order chi connectivity index (χ0) is 21.7. The Balaban J connectivity index is 1.87. The van der Waals surface area contributed by atoms with Gasteiger partial charge in [0.25, 0.3) is 15.9 Å². The fourth-order valence-corrected chi connectivity index (χ4v) is 4.02. The largest absolute Gasteiger partial charge is 0.465 e. The minimum Gasteiger partial charge on any atom is -0.465 e. The Labute approximate surface area is 175 Å². The molecule has 1 amide bonds.